The summed E-state index contributed by atoms with van der Waals surface area (Å²) < 4.78 is 5.20. The number of rotatable bonds is 5. The molecule has 0 unspecified atom stereocenters. The number of hydrogen-bond acceptors (Lipinski definition) is 5. The fourth-order valence-electron chi connectivity index (χ4n) is 2.15. The average Bonchev–Trinajstić information content (AvgIpc) is 3.17. The van der Waals surface area contributed by atoms with E-state index in [-0.39, 0.29) is 5.91 Å². The normalized spacial score (nSPS) is 10.6. The van der Waals surface area contributed by atoms with Crippen LogP contribution in [0.1, 0.15) is 16.2 Å². The van der Waals surface area contributed by atoms with Gasteiger partial charge in [0.1, 0.15) is 11.4 Å². The molecule has 6 nitrogen and oxygen atoms in total. The van der Waals surface area contributed by atoms with E-state index in [0.717, 1.165) is 27.5 Å². The first-order valence-electron chi connectivity index (χ1n) is 6.76. The molecule has 1 aromatic carbocycles. The largest absolute Gasteiger partial charge is 0.497 e. The second kappa shape index (κ2) is 6.07. The van der Waals surface area contributed by atoms with E-state index in [2.05, 4.69) is 20.6 Å². The van der Waals surface area contributed by atoms with Crippen LogP contribution in [-0.2, 0) is 6.54 Å². The quantitative estimate of drug-likeness (QED) is 0.676. The molecule has 0 aliphatic heterocycles. The Bertz CT molecular complexity index is 809. The van der Waals surface area contributed by atoms with E-state index in [1.807, 2.05) is 24.3 Å². The van der Waals surface area contributed by atoms with Crippen LogP contribution in [0.4, 0.5) is 5.13 Å². The molecule has 3 N–H and O–H groups in total. The summed E-state index contributed by atoms with van der Waals surface area (Å²) >= 11 is 1.40. The molecule has 2 heterocycles. The number of ether oxygens (including phenoxy) is 1. The smallest absolute Gasteiger partial charge is 0.271 e. The van der Waals surface area contributed by atoms with Gasteiger partial charge in [-0.05, 0) is 24.3 Å². The maximum Gasteiger partial charge on any atom is 0.271 e. The lowest BCUT2D eigenvalue weighted by molar-refractivity contribution is 0.0946. The van der Waals surface area contributed by atoms with Crippen LogP contribution < -0.4 is 15.4 Å². The van der Waals surface area contributed by atoms with Crippen molar-refractivity contribution in [2.75, 3.05) is 19.5 Å². The molecule has 0 aliphatic carbocycles. The number of anilines is 1. The number of amides is 1. The number of carbonyl (C=O) groups excluding carboxylic acids is 1. The lowest BCUT2D eigenvalue weighted by atomic mass is 10.2. The van der Waals surface area contributed by atoms with Gasteiger partial charge >= 0.3 is 0 Å². The van der Waals surface area contributed by atoms with E-state index in [1.54, 1.807) is 19.5 Å². The van der Waals surface area contributed by atoms with Crippen LogP contribution in [0.2, 0.25) is 0 Å². The first-order valence-corrected chi connectivity index (χ1v) is 7.64. The van der Waals surface area contributed by atoms with Crippen LogP contribution in [0.15, 0.2) is 29.6 Å². The molecule has 0 radical (unpaired) electrons. The molecular weight excluding hydrogens is 300 g/mol. The standard InChI is InChI=1S/C15H16N4O2S/c1-16-15-19-13(8-22-15)14(20)17-7-10-5-9-6-11(21-2)3-4-12(9)18-10/h3-6,8,18H,7H2,1-2H3,(H,16,19)(H,17,20). The number of thiazole rings is 1. The summed E-state index contributed by atoms with van der Waals surface area (Å²) in [5, 5.41) is 9.28. The Morgan fingerprint density at radius 2 is 2.27 bits per heavy atom. The zero-order valence-corrected chi connectivity index (χ0v) is 13.1. The number of aromatic nitrogens is 2. The van der Waals surface area contributed by atoms with Crippen LogP contribution in [0.25, 0.3) is 10.9 Å². The van der Waals surface area contributed by atoms with E-state index in [4.69, 9.17) is 4.74 Å². The van der Waals surface area contributed by atoms with Gasteiger partial charge in [0.05, 0.1) is 13.7 Å². The number of carbonyl (C=O) groups is 1. The van der Waals surface area contributed by atoms with Crippen LogP contribution in [0.5, 0.6) is 5.75 Å². The van der Waals surface area contributed by atoms with Crippen molar-refractivity contribution in [1.29, 1.82) is 0 Å². The van der Waals surface area contributed by atoms with Gasteiger partial charge in [-0.15, -0.1) is 11.3 Å². The Hall–Kier alpha value is -2.54. The Morgan fingerprint density at radius 1 is 1.41 bits per heavy atom. The van der Waals surface area contributed by atoms with Crippen molar-refractivity contribution in [2.24, 2.45) is 0 Å². The van der Waals surface area contributed by atoms with Gasteiger partial charge < -0.3 is 20.4 Å². The summed E-state index contributed by atoms with van der Waals surface area (Å²) in [6.07, 6.45) is 0. The summed E-state index contributed by atoms with van der Waals surface area (Å²) in [7, 11) is 3.42. The highest BCUT2D eigenvalue weighted by Crippen LogP contribution is 2.21. The number of nitrogens with zero attached hydrogens (tertiary/aromatic N) is 1. The predicted molar refractivity (Wildman–Crippen MR) is 87.7 cm³/mol. The maximum absolute atomic E-state index is 12.0. The molecule has 0 saturated heterocycles. The minimum atomic E-state index is -0.186. The number of H-pyrrole nitrogens is 1. The van der Waals surface area contributed by atoms with Gasteiger partial charge in [0, 0.05) is 29.0 Å². The first-order chi connectivity index (χ1) is 10.7. The summed E-state index contributed by atoms with van der Waals surface area (Å²) in [6.45, 7) is 0.419. The van der Waals surface area contributed by atoms with Crippen LogP contribution in [0.3, 0.4) is 0 Å². The molecule has 1 amide bonds. The topological polar surface area (TPSA) is 79.0 Å². The zero-order chi connectivity index (χ0) is 15.5. The van der Waals surface area contributed by atoms with Gasteiger partial charge in [-0.1, -0.05) is 0 Å². The van der Waals surface area contributed by atoms with Crippen molar-refractivity contribution in [1.82, 2.24) is 15.3 Å². The van der Waals surface area contributed by atoms with E-state index >= 15 is 0 Å². The third-order valence-electron chi connectivity index (χ3n) is 3.27. The highest BCUT2D eigenvalue weighted by atomic mass is 32.1. The number of methoxy groups -OCH3 is 1. The maximum atomic E-state index is 12.0. The monoisotopic (exact) mass is 316 g/mol. The Kier molecular flexibility index (Phi) is 3.97. The van der Waals surface area contributed by atoms with Crippen molar-refractivity contribution >= 4 is 33.3 Å². The minimum absolute atomic E-state index is 0.186. The van der Waals surface area contributed by atoms with Gasteiger partial charge in [0.2, 0.25) is 0 Å². The lowest BCUT2D eigenvalue weighted by Crippen LogP contribution is -2.23. The van der Waals surface area contributed by atoms with Crippen LogP contribution in [-0.4, -0.2) is 30.0 Å². The third kappa shape index (κ3) is 2.89. The van der Waals surface area contributed by atoms with Gasteiger partial charge in [-0.25, -0.2) is 4.98 Å². The molecule has 0 saturated carbocycles. The Balaban J connectivity index is 1.69. The number of aromatic amines is 1. The lowest BCUT2D eigenvalue weighted by Gasteiger charge is -2.00. The number of fused-ring (bicyclic) bond motifs is 1. The number of hydrogen-bond donors (Lipinski definition) is 3. The van der Waals surface area contributed by atoms with E-state index in [9.17, 15) is 4.79 Å². The third-order valence-corrected chi connectivity index (χ3v) is 4.13. The molecule has 0 atom stereocenters. The van der Waals surface area contributed by atoms with Crippen LogP contribution in [0, 0.1) is 0 Å². The van der Waals surface area contributed by atoms with Crippen molar-refractivity contribution in [3.63, 3.8) is 0 Å². The molecule has 0 bridgehead atoms. The van der Waals surface area contributed by atoms with E-state index in [1.165, 1.54) is 11.3 Å². The molecule has 3 rings (SSSR count). The number of nitrogens with one attached hydrogen (secondary N) is 3. The summed E-state index contributed by atoms with van der Waals surface area (Å²) in [5.74, 6) is 0.623. The summed E-state index contributed by atoms with van der Waals surface area (Å²) in [6, 6.07) is 7.81. The zero-order valence-electron chi connectivity index (χ0n) is 12.3. The SMILES string of the molecule is CNc1nc(C(=O)NCc2cc3cc(OC)ccc3[nH]2)cs1. The molecule has 3 aromatic rings. The molecule has 0 aliphatic rings. The van der Waals surface area contributed by atoms with Crippen molar-refractivity contribution in [2.45, 2.75) is 6.54 Å². The van der Waals surface area contributed by atoms with Gasteiger partial charge in [0.15, 0.2) is 5.13 Å². The highest BCUT2D eigenvalue weighted by molar-refractivity contribution is 7.13. The Morgan fingerprint density at radius 3 is 3.00 bits per heavy atom. The highest BCUT2D eigenvalue weighted by Gasteiger charge is 2.10. The molecule has 22 heavy (non-hydrogen) atoms. The Labute approximate surface area is 131 Å². The van der Waals surface area contributed by atoms with Gasteiger partial charge in [-0.2, -0.15) is 0 Å². The second-order valence-corrected chi connectivity index (χ2v) is 5.58. The van der Waals surface area contributed by atoms with E-state index < -0.39 is 0 Å². The molecule has 0 spiro atoms. The van der Waals surface area contributed by atoms with Crippen LogP contribution >= 0.6 is 11.3 Å². The molecule has 7 heteroatoms. The second-order valence-electron chi connectivity index (χ2n) is 4.72. The van der Waals surface area contributed by atoms with Gasteiger partial charge in [-0.3, -0.25) is 4.79 Å². The molecule has 114 valence electrons. The summed E-state index contributed by atoms with van der Waals surface area (Å²) in [4.78, 5) is 19.5. The molecular formula is C15H16N4O2S. The minimum Gasteiger partial charge on any atom is -0.497 e. The van der Waals surface area contributed by atoms with Crippen molar-refractivity contribution in [3.05, 3.63) is 41.0 Å². The van der Waals surface area contributed by atoms with Gasteiger partial charge in [0.25, 0.3) is 5.91 Å². The fourth-order valence-corrected chi connectivity index (χ4v) is 2.80. The average molecular weight is 316 g/mol. The fraction of sp³-hybridized carbons (Fsp3) is 0.200. The van der Waals surface area contributed by atoms with Crippen molar-refractivity contribution < 1.29 is 9.53 Å². The predicted octanol–water partition coefficient (Wildman–Crippen LogP) is 2.60. The molecule has 2 aromatic heterocycles. The number of benzene rings is 1. The summed E-state index contributed by atoms with van der Waals surface area (Å²) in [5.41, 5.74) is 2.36. The van der Waals surface area contributed by atoms with Crippen molar-refractivity contribution in [3.8, 4) is 5.75 Å². The molecule has 0 fully saturated rings. The van der Waals surface area contributed by atoms with E-state index in [0.29, 0.717) is 12.2 Å². The first kappa shape index (κ1) is 14.4.